The molecule has 100 valence electrons. The van der Waals surface area contributed by atoms with Gasteiger partial charge in [-0.05, 0) is 20.8 Å². The van der Waals surface area contributed by atoms with Crippen LogP contribution in [0.1, 0.15) is 25.5 Å². The molecule has 8 nitrogen and oxygen atoms in total. The summed E-state index contributed by atoms with van der Waals surface area (Å²) in [5, 5.41) is 18.2. The Morgan fingerprint density at radius 1 is 1.61 bits per heavy atom. The van der Waals surface area contributed by atoms with Gasteiger partial charge in [-0.3, -0.25) is 9.89 Å². The van der Waals surface area contributed by atoms with E-state index in [9.17, 15) is 4.79 Å². The van der Waals surface area contributed by atoms with Gasteiger partial charge in [0.25, 0.3) is 0 Å². The second kappa shape index (κ2) is 5.03. The molecule has 1 amide bonds. The van der Waals surface area contributed by atoms with Crippen LogP contribution >= 0.6 is 0 Å². The molecule has 0 saturated heterocycles. The summed E-state index contributed by atoms with van der Waals surface area (Å²) in [5.41, 5.74) is 4.43. The third kappa shape index (κ3) is 2.76. The molecule has 18 heavy (non-hydrogen) atoms. The molecule has 0 aliphatic carbocycles. The SMILES string of the molecule is Cc1nc(CN(C)C(=O)C(C)(C)C(N)=NO)n[nH]1. The van der Waals surface area contributed by atoms with E-state index in [1.54, 1.807) is 27.8 Å². The van der Waals surface area contributed by atoms with Gasteiger partial charge in [0.15, 0.2) is 11.7 Å². The number of hydrogen-bond donors (Lipinski definition) is 3. The maximum absolute atomic E-state index is 12.2. The van der Waals surface area contributed by atoms with Crippen LogP contribution in [-0.2, 0) is 11.3 Å². The summed E-state index contributed by atoms with van der Waals surface area (Å²) in [6.45, 7) is 5.21. The number of hydrogen-bond acceptors (Lipinski definition) is 5. The number of aromatic amines is 1. The highest BCUT2D eigenvalue weighted by Crippen LogP contribution is 2.19. The first-order valence-electron chi connectivity index (χ1n) is 5.40. The van der Waals surface area contributed by atoms with Crippen LogP contribution in [0.2, 0.25) is 0 Å². The van der Waals surface area contributed by atoms with Gasteiger partial charge in [0, 0.05) is 7.05 Å². The van der Waals surface area contributed by atoms with Crippen LogP contribution in [0.15, 0.2) is 5.16 Å². The van der Waals surface area contributed by atoms with Crippen molar-refractivity contribution < 1.29 is 10.0 Å². The molecule has 0 unspecified atom stereocenters. The number of nitrogens with two attached hydrogens (primary N) is 1. The van der Waals surface area contributed by atoms with Gasteiger partial charge in [-0.1, -0.05) is 5.16 Å². The van der Waals surface area contributed by atoms with Gasteiger partial charge in [0.2, 0.25) is 5.91 Å². The van der Waals surface area contributed by atoms with Crippen LogP contribution in [-0.4, -0.2) is 44.1 Å². The highest BCUT2D eigenvalue weighted by atomic mass is 16.4. The fourth-order valence-corrected chi connectivity index (χ4v) is 1.46. The number of oxime groups is 1. The number of nitrogens with zero attached hydrogens (tertiary/aromatic N) is 4. The van der Waals surface area contributed by atoms with E-state index in [0.717, 1.165) is 0 Å². The molecule has 0 radical (unpaired) electrons. The van der Waals surface area contributed by atoms with Gasteiger partial charge in [0.05, 0.1) is 6.54 Å². The first-order valence-corrected chi connectivity index (χ1v) is 5.40. The van der Waals surface area contributed by atoms with Crippen molar-refractivity contribution in [2.24, 2.45) is 16.3 Å². The van der Waals surface area contributed by atoms with Crippen molar-refractivity contribution in [2.45, 2.75) is 27.3 Å². The van der Waals surface area contributed by atoms with Crippen LogP contribution in [0.3, 0.4) is 0 Å². The summed E-state index contributed by atoms with van der Waals surface area (Å²) >= 11 is 0. The van der Waals surface area contributed by atoms with Crippen LogP contribution in [0.4, 0.5) is 0 Å². The maximum Gasteiger partial charge on any atom is 0.236 e. The van der Waals surface area contributed by atoms with E-state index in [1.165, 1.54) is 4.90 Å². The fraction of sp³-hybridized carbons (Fsp3) is 0.600. The van der Waals surface area contributed by atoms with Crippen LogP contribution in [0.25, 0.3) is 0 Å². The van der Waals surface area contributed by atoms with E-state index in [0.29, 0.717) is 11.6 Å². The van der Waals surface area contributed by atoms with Crippen molar-refractivity contribution in [1.29, 1.82) is 0 Å². The number of aromatic nitrogens is 3. The summed E-state index contributed by atoms with van der Waals surface area (Å²) in [6.07, 6.45) is 0. The third-order valence-electron chi connectivity index (χ3n) is 2.65. The summed E-state index contributed by atoms with van der Waals surface area (Å²) in [7, 11) is 1.61. The summed E-state index contributed by atoms with van der Waals surface area (Å²) in [4.78, 5) is 17.7. The number of amidine groups is 1. The molecule has 4 N–H and O–H groups in total. The number of nitrogens with one attached hydrogen (secondary N) is 1. The monoisotopic (exact) mass is 254 g/mol. The quantitative estimate of drug-likeness (QED) is 0.298. The Balaban J connectivity index is 2.78. The largest absolute Gasteiger partial charge is 0.409 e. The molecular weight excluding hydrogens is 236 g/mol. The molecule has 0 bridgehead atoms. The van der Waals surface area contributed by atoms with Crippen molar-refractivity contribution in [3.63, 3.8) is 0 Å². The molecule has 0 atom stereocenters. The molecule has 0 fully saturated rings. The molecule has 1 rings (SSSR count). The first kappa shape index (κ1) is 13.9. The minimum atomic E-state index is -1.07. The molecule has 0 spiro atoms. The molecule has 1 heterocycles. The molecule has 1 aromatic rings. The van der Waals surface area contributed by atoms with Crippen molar-refractivity contribution in [1.82, 2.24) is 20.1 Å². The normalized spacial score (nSPS) is 12.6. The Bertz CT molecular complexity index is 465. The lowest BCUT2D eigenvalue weighted by Gasteiger charge is -2.27. The smallest absolute Gasteiger partial charge is 0.236 e. The Morgan fingerprint density at radius 3 is 2.67 bits per heavy atom. The zero-order chi connectivity index (χ0) is 13.9. The molecule has 0 aliphatic heterocycles. The van der Waals surface area contributed by atoms with E-state index in [1.807, 2.05) is 0 Å². The number of H-pyrrole nitrogens is 1. The third-order valence-corrected chi connectivity index (χ3v) is 2.65. The Morgan fingerprint density at radius 2 is 2.22 bits per heavy atom. The van der Waals surface area contributed by atoms with E-state index in [2.05, 4.69) is 20.3 Å². The van der Waals surface area contributed by atoms with Gasteiger partial charge in [-0.15, -0.1) is 0 Å². The molecule has 0 aromatic carbocycles. The van der Waals surface area contributed by atoms with Crippen molar-refractivity contribution >= 4 is 11.7 Å². The molecule has 1 aromatic heterocycles. The number of aryl methyl sites for hydroxylation is 1. The molecule has 8 heteroatoms. The van der Waals surface area contributed by atoms with E-state index in [-0.39, 0.29) is 18.3 Å². The van der Waals surface area contributed by atoms with Crippen LogP contribution in [0.5, 0.6) is 0 Å². The van der Waals surface area contributed by atoms with E-state index in [4.69, 9.17) is 10.9 Å². The average Bonchev–Trinajstić information content (AvgIpc) is 2.72. The number of carbonyl (C=O) groups excluding carboxylic acids is 1. The minimum Gasteiger partial charge on any atom is -0.409 e. The standard InChI is InChI=1S/C10H18N6O2/c1-6-12-7(14-13-6)5-16(4)9(17)10(2,3)8(11)15-18/h18H,5H2,1-4H3,(H2,11,15)(H,12,13,14). The van der Waals surface area contributed by atoms with Gasteiger partial charge >= 0.3 is 0 Å². The Hall–Kier alpha value is -2.12. The topological polar surface area (TPSA) is 120 Å². The van der Waals surface area contributed by atoms with E-state index >= 15 is 0 Å². The predicted molar refractivity (Wildman–Crippen MR) is 64.8 cm³/mol. The fourth-order valence-electron chi connectivity index (χ4n) is 1.46. The highest BCUT2D eigenvalue weighted by molar-refractivity contribution is 6.05. The van der Waals surface area contributed by atoms with Gasteiger partial charge in [-0.25, -0.2) is 4.98 Å². The Kier molecular flexibility index (Phi) is 3.89. The minimum absolute atomic E-state index is 0.134. The molecule has 0 aliphatic rings. The lowest BCUT2D eigenvalue weighted by Crippen LogP contribution is -2.46. The zero-order valence-corrected chi connectivity index (χ0v) is 10.9. The summed E-state index contributed by atoms with van der Waals surface area (Å²) in [6, 6.07) is 0. The zero-order valence-electron chi connectivity index (χ0n) is 10.9. The van der Waals surface area contributed by atoms with Gasteiger partial charge in [-0.2, -0.15) is 5.10 Å². The highest BCUT2D eigenvalue weighted by Gasteiger charge is 2.35. The van der Waals surface area contributed by atoms with Gasteiger partial charge < -0.3 is 15.8 Å². The second-order valence-electron chi connectivity index (χ2n) is 4.61. The van der Waals surface area contributed by atoms with Crippen LogP contribution < -0.4 is 5.73 Å². The van der Waals surface area contributed by atoms with Crippen molar-refractivity contribution in [2.75, 3.05) is 7.05 Å². The summed E-state index contributed by atoms with van der Waals surface area (Å²) < 4.78 is 0. The van der Waals surface area contributed by atoms with Crippen molar-refractivity contribution in [3.05, 3.63) is 11.6 Å². The average molecular weight is 254 g/mol. The predicted octanol–water partition coefficient (Wildman–Crippen LogP) is -0.156. The van der Waals surface area contributed by atoms with Crippen LogP contribution in [0, 0.1) is 12.3 Å². The number of amides is 1. The Labute approximate surface area is 105 Å². The number of rotatable bonds is 4. The lowest BCUT2D eigenvalue weighted by atomic mass is 9.90. The lowest BCUT2D eigenvalue weighted by molar-refractivity contribution is -0.136. The molecule has 0 saturated carbocycles. The van der Waals surface area contributed by atoms with Crippen molar-refractivity contribution in [3.8, 4) is 0 Å². The van der Waals surface area contributed by atoms with Gasteiger partial charge in [0.1, 0.15) is 11.2 Å². The molecular formula is C10H18N6O2. The maximum atomic E-state index is 12.2. The number of carbonyl (C=O) groups is 1. The van der Waals surface area contributed by atoms with E-state index < -0.39 is 5.41 Å². The second-order valence-corrected chi connectivity index (χ2v) is 4.61. The summed E-state index contributed by atoms with van der Waals surface area (Å²) in [5.74, 6) is 0.783. The first-order chi connectivity index (χ1) is 8.28.